The van der Waals surface area contributed by atoms with Gasteiger partial charge in [0.15, 0.2) is 0 Å². The van der Waals surface area contributed by atoms with Crippen LogP contribution in [0.1, 0.15) is 30.8 Å². The SMILES string of the molecule is CCCNC(Cc1nccn1C)c1cccc(F)c1. The van der Waals surface area contributed by atoms with Gasteiger partial charge in [-0.25, -0.2) is 9.37 Å². The average molecular weight is 261 g/mol. The van der Waals surface area contributed by atoms with Crippen LogP contribution in [0.15, 0.2) is 36.7 Å². The van der Waals surface area contributed by atoms with Gasteiger partial charge in [-0.15, -0.1) is 0 Å². The molecule has 0 saturated carbocycles. The van der Waals surface area contributed by atoms with Gasteiger partial charge >= 0.3 is 0 Å². The van der Waals surface area contributed by atoms with Gasteiger partial charge in [-0.3, -0.25) is 0 Å². The monoisotopic (exact) mass is 261 g/mol. The van der Waals surface area contributed by atoms with Crippen LogP contribution in [-0.2, 0) is 13.5 Å². The lowest BCUT2D eigenvalue weighted by Gasteiger charge is -2.19. The Hall–Kier alpha value is -1.68. The lowest BCUT2D eigenvalue weighted by atomic mass is 10.0. The van der Waals surface area contributed by atoms with E-state index in [1.807, 2.05) is 23.9 Å². The van der Waals surface area contributed by atoms with Crippen LogP contribution in [0.25, 0.3) is 0 Å². The summed E-state index contributed by atoms with van der Waals surface area (Å²) in [4.78, 5) is 4.34. The number of aromatic nitrogens is 2. The first-order valence-electron chi connectivity index (χ1n) is 6.65. The molecule has 2 aromatic rings. The highest BCUT2D eigenvalue weighted by Crippen LogP contribution is 2.18. The normalized spacial score (nSPS) is 12.6. The number of aryl methyl sites for hydroxylation is 1. The van der Waals surface area contributed by atoms with E-state index in [1.54, 1.807) is 18.3 Å². The zero-order valence-corrected chi connectivity index (χ0v) is 11.4. The first-order valence-corrected chi connectivity index (χ1v) is 6.65. The lowest BCUT2D eigenvalue weighted by molar-refractivity contribution is 0.508. The van der Waals surface area contributed by atoms with Crippen molar-refractivity contribution in [2.24, 2.45) is 7.05 Å². The van der Waals surface area contributed by atoms with Crippen molar-refractivity contribution >= 4 is 0 Å². The van der Waals surface area contributed by atoms with Gasteiger partial charge in [-0.2, -0.15) is 0 Å². The highest BCUT2D eigenvalue weighted by atomic mass is 19.1. The molecule has 1 aromatic carbocycles. The molecule has 0 spiro atoms. The van der Waals surface area contributed by atoms with E-state index in [0.717, 1.165) is 30.8 Å². The summed E-state index contributed by atoms with van der Waals surface area (Å²) in [6.07, 6.45) is 5.52. The summed E-state index contributed by atoms with van der Waals surface area (Å²) in [5.74, 6) is 0.804. The third-order valence-corrected chi connectivity index (χ3v) is 3.20. The highest BCUT2D eigenvalue weighted by molar-refractivity contribution is 5.21. The van der Waals surface area contributed by atoms with Gasteiger partial charge in [0.1, 0.15) is 11.6 Å². The van der Waals surface area contributed by atoms with Crippen LogP contribution in [0.3, 0.4) is 0 Å². The molecular formula is C15H20FN3. The Balaban J connectivity index is 2.18. The first-order chi connectivity index (χ1) is 9.20. The molecule has 0 fully saturated rings. The number of benzene rings is 1. The Kier molecular flexibility index (Phi) is 4.68. The van der Waals surface area contributed by atoms with Gasteiger partial charge in [-0.05, 0) is 30.7 Å². The van der Waals surface area contributed by atoms with Gasteiger partial charge in [0.2, 0.25) is 0 Å². The fourth-order valence-electron chi connectivity index (χ4n) is 2.13. The summed E-state index contributed by atoms with van der Waals surface area (Å²) in [7, 11) is 1.98. The summed E-state index contributed by atoms with van der Waals surface area (Å²) in [6, 6.07) is 6.87. The van der Waals surface area contributed by atoms with Gasteiger partial charge in [0.05, 0.1) is 0 Å². The third kappa shape index (κ3) is 3.64. The number of rotatable bonds is 6. The van der Waals surface area contributed by atoms with Crippen LogP contribution in [-0.4, -0.2) is 16.1 Å². The molecule has 0 amide bonds. The predicted molar refractivity (Wildman–Crippen MR) is 74.3 cm³/mol. The van der Waals surface area contributed by atoms with Crippen LogP contribution < -0.4 is 5.32 Å². The minimum atomic E-state index is -0.194. The van der Waals surface area contributed by atoms with Gasteiger partial charge in [0, 0.05) is 31.9 Å². The molecule has 0 radical (unpaired) electrons. The molecule has 1 N–H and O–H groups in total. The second-order valence-electron chi connectivity index (χ2n) is 4.72. The number of hydrogen-bond donors (Lipinski definition) is 1. The van der Waals surface area contributed by atoms with E-state index in [0.29, 0.717) is 0 Å². The van der Waals surface area contributed by atoms with E-state index in [-0.39, 0.29) is 11.9 Å². The zero-order valence-electron chi connectivity index (χ0n) is 11.4. The third-order valence-electron chi connectivity index (χ3n) is 3.20. The molecule has 1 atom stereocenters. The smallest absolute Gasteiger partial charge is 0.123 e. The second kappa shape index (κ2) is 6.48. The fraction of sp³-hybridized carbons (Fsp3) is 0.400. The molecule has 1 aromatic heterocycles. The summed E-state index contributed by atoms with van der Waals surface area (Å²) < 4.78 is 15.4. The van der Waals surface area contributed by atoms with E-state index >= 15 is 0 Å². The Morgan fingerprint density at radius 2 is 2.26 bits per heavy atom. The molecule has 4 heteroatoms. The van der Waals surface area contributed by atoms with Crippen molar-refractivity contribution in [1.29, 1.82) is 0 Å². The number of imidazole rings is 1. The summed E-state index contributed by atoms with van der Waals surface area (Å²) in [5, 5.41) is 3.46. The summed E-state index contributed by atoms with van der Waals surface area (Å²) >= 11 is 0. The number of hydrogen-bond acceptors (Lipinski definition) is 2. The molecule has 0 bridgehead atoms. The van der Waals surface area contributed by atoms with Gasteiger partial charge < -0.3 is 9.88 Å². The van der Waals surface area contributed by atoms with Crippen molar-refractivity contribution in [3.63, 3.8) is 0 Å². The molecule has 1 heterocycles. The molecular weight excluding hydrogens is 241 g/mol. The van der Waals surface area contributed by atoms with E-state index < -0.39 is 0 Å². The Bertz CT molecular complexity index is 522. The Labute approximate surface area is 113 Å². The standard InChI is InChI=1S/C15H20FN3/c1-3-7-17-14(11-15-18-8-9-19(15)2)12-5-4-6-13(16)10-12/h4-6,8-10,14,17H,3,7,11H2,1-2H3. The van der Waals surface area contributed by atoms with Crippen LogP contribution in [0.2, 0.25) is 0 Å². The molecule has 19 heavy (non-hydrogen) atoms. The molecule has 1 unspecified atom stereocenters. The van der Waals surface area contributed by atoms with E-state index in [2.05, 4.69) is 17.2 Å². The number of halogens is 1. The lowest BCUT2D eigenvalue weighted by Crippen LogP contribution is -2.25. The minimum absolute atomic E-state index is 0.0942. The summed E-state index contributed by atoms with van der Waals surface area (Å²) in [5.41, 5.74) is 0.969. The first kappa shape index (κ1) is 13.7. The van der Waals surface area contributed by atoms with Crippen molar-refractivity contribution in [1.82, 2.24) is 14.9 Å². The highest BCUT2D eigenvalue weighted by Gasteiger charge is 2.14. The zero-order chi connectivity index (χ0) is 13.7. The van der Waals surface area contributed by atoms with Crippen molar-refractivity contribution in [3.8, 4) is 0 Å². The van der Waals surface area contributed by atoms with E-state index in [1.165, 1.54) is 6.07 Å². The fourth-order valence-corrected chi connectivity index (χ4v) is 2.13. The van der Waals surface area contributed by atoms with Crippen molar-refractivity contribution in [2.75, 3.05) is 6.54 Å². The topological polar surface area (TPSA) is 29.9 Å². The minimum Gasteiger partial charge on any atom is -0.338 e. The van der Waals surface area contributed by atoms with Gasteiger partial charge in [0.25, 0.3) is 0 Å². The second-order valence-corrected chi connectivity index (χ2v) is 4.72. The molecule has 0 saturated heterocycles. The van der Waals surface area contributed by atoms with Crippen LogP contribution in [0, 0.1) is 5.82 Å². The van der Waals surface area contributed by atoms with Crippen LogP contribution in [0.4, 0.5) is 4.39 Å². The average Bonchev–Trinajstić information content (AvgIpc) is 2.80. The maximum absolute atomic E-state index is 13.4. The van der Waals surface area contributed by atoms with Crippen LogP contribution >= 0.6 is 0 Å². The molecule has 0 aliphatic carbocycles. The maximum Gasteiger partial charge on any atom is 0.123 e. The van der Waals surface area contributed by atoms with Crippen molar-refractivity contribution in [3.05, 3.63) is 53.9 Å². The molecule has 0 aliphatic rings. The predicted octanol–water partition coefficient (Wildman–Crippen LogP) is 2.84. The van der Waals surface area contributed by atoms with Crippen molar-refractivity contribution < 1.29 is 4.39 Å². The van der Waals surface area contributed by atoms with Crippen molar-refractivity contribution in [2.45, 2.75) is 25.8 Å². The van der Waals surface area contributed by atoms with E-state index in [9.17, 15) is 4.39 Å². The Morgan fingerprint density at radius 3 is 2.89 bits per heavy atom. The number of nitrogens with zero attached hydrogens (tertiary/aromatic N) is 2. The molecule has 102 valence electrons. The largest absolute Gasteiger partial charge is 0.338 e. The van der Waals surface area contributed by atoms with Gasteiger partial charge in [-0.1, -0.05) is 19.1 Å². The quantitative estimate of drug-likeness (QED) is 0.866. The Morgan fingerprint density at radius 1 is 1.42 bits per heavy atom. The molecule has 2 rings (SSSR count). The molecule has 0 aliphatic heterocycles. The van der Waals surface area contributed by atoms with E-state index in [4.69, 9.17) is 0 Å². The number of nitrogens with one attached hydrogen (secondary N) is 1. The maximum atomic E-state index is 13.4. The van der Waals surface area contributed by atoms with Crippen LogP contribution in [0.5, 0.6) is 0 Å². The molecule has 3 nitrogen and oxygen atoms in total. The summed E-state index contributed by atoms with van der Waals surface area (Å²) in [6.45, 7) is 3.03.